The number of carbonyl (C=O) groups excluding carboxylic acids is 1. The molecule has 0 fully saturated rings. The molecule has 5 nitrogen and oxygen atoms in total. The monoisotopic (exact) mass is 346 g/mol. The molecule has 1 aromatic heterocycles. The Morgan fingerprint density at radius 1 is 1.00 bits per heavy atom. The summed E-state index contributed by atoms with van der Waals surface area (Å²) in [6.45, 7) is 0. The highest BCUT2D eigenvalue weighted by Crippen LogP contribution is 2.13. The maximum absolute atomic E-state index is 12.4. The molecule has 0 radical (unpaired) electrons. The van der Waals surface area contributed by atoms with Crippen molar-refractivity contribution >= 4 is 11.9 Å². The van der Waals surface area contributed by atoms with Crippen LogP contribution in [-0.2, 0) is 11.2 Å². The predicted molar refractivity (Wildman–Crippen MR) is 95.6 cm³/mol. The minimum Gasteiger partial charge on any atom is -0.854 e. The van der Waals surface area contributed by atoms with Crippen LogP contribution < -0.4 is 9.78 Å². The van der Waals surface area contributed by atoms with Crippen LogP contribution in [0.4, 0.5) is 0 Å². The van der Waals surface area contributed by atoms with Gasteiger partial charge in [0.25, 0.3) is 0 Å². The van der Waals surface area contributed by atoms with Crippen molar-refractivity contribution in [1.82, 2.24) is 0 Å². The van der Waals surface area contributed by atoms with Crippen LogP contribution in [0.3, 0.4) is 0 Å². The van der Waals surface area contributed by atoms with Gasteiger partial charge in [0.05, 0.1) is 25.0 Å². The van der Waals surface area contributed by atoms with Gasteiger partial charge < -0.3 is 9.84 Å². The number of hydrogen-bond acceptors (Lipinski definition) is 4. The van der Waals surface area contributed by atoms with E-state index in [0.717, 1.165) is 11.3 Å². The van der Waals surface area contributed by atoms with Crippen molar-refractivity contribution in [2.75, 3.05) is 7.11 Å². The van der Waals surface area contributed by atoms with Crippen LogP contribution in [0, 0.1) is 0 Å². The van der Waals surface area contributed by atoms with Gasteiger partial charge >= 0.3 is 5.97 Å². The molecule has 3 rings (SSSR count). The molecule has 0 aliphatic heterocycles. The molecule has 0 saturated carbocycles. The zero-order valence-electron chi connectivity index (χ0n) is 14.3. The molecule has 0 spiro atoms. The lowest BCUT2D eigenvalue weighted by atomic mass is 10.0. The van der Waals surface area contributed by atoms with E-state index in [0.29, 0.717) is 17.5 Å². The van der Waals surface area contributed by atoms with Gasteiger partial charge in [-0.05, 0) is 28.4 Å². The molecular formula is C21H18N2O3. The molecule has 0 aliphatic carbocycles. The Hall–Kier alpha value is -3.47. The van der Waals surface area contributed by atoms with Gasteiger partial charge in [-0.1, -0.05) is 53.2 Å². The molecule has 130 valence electrons. The van der Waals surface area contributed by atoms with Gasteiger partial charge in [0, 0.05) is 12.1 Å². The molecule has 0 unspecified atom stereocenters. The fraction of sp³-hybridized carbons (Fsp3) is 0.0952. The Morgan fingerprint density at radius 3 is 2.46 bits per heavy atom. The third-order valence-corrected chi connectivity index (χ3v) is 3.93. The Balaban J connectivity index is 1.96. The molecule has 5 heteroatoms. The van der Waals surface area contributed by atoms with Gasteiger partial charge in [-0.15, -0.1) is 0 Å². The number of pyridine rings is 1. The zero-order valence-corrected chi connectivity index (χ0v) is 14.3. The second-order valence-corrected chi connectivity index (χ2v) is 5.63. The predicted octanol–water partition coefficient (Wildman–Crippen LogP) is 1.92. The average molecular weight is 346 g/mol. The van der Waals surface area contributed by atoms with E-state index in [1.54, 1.807) is 53.3 Å². The summed E-state index contributed by atoms with van der Waals surface area (Å²) in [7, 11) is 1.36. The van der Waals surface area contributed by atoms with E-state index in [2.05, 4.69) is 5.10 Å². The van der Waals surface area contributed by atoms with E-state index in [1.165, 1.54) is 7.11 Å². The molecule has 3 aromatic rings. The molecule has 2 aromatic carbocycles. The van der Waals surface area contributed by atoms with E-state index in [9.17, 15) is 9.90 Å². The third-order valence-electron chi connectivity index (χ3n) is 3.93. The highest BCUT2D eigenvalue weighted by molar-refractivity contribution is 5.91. The fourth-order valence-corrected chi connectivity index (χ4v) is 2.62. The van der Waals surface area contributed by atoms with Crippen molar-refractivity contribution in [1.29, 1.82) is 0 Å². The smallest absolute Gasteiger partial charge is 0.338 e. The maximum Gasteiger partial charge on any atom is 0.338 e. The number of aromatic nitrogens is 1. The third kappa shape index (κ3) is 3.95. The summed E-state index contributed by atoms with van der Waals surface area (Å²) in [5, 5.41) is 16.6. The van der Waals surface area contributed by atoms with Gasteiger partial charge in [0.2, 0.25) is 11.9 Å². The summed E-state index contributed by atoms with van der Waals surface area (Å²) in [5.74, 6) is -0.718. The van der Waals surface area contributed by atoms with Crippen LogP contribution in [-0.4, -0.2) is 19.0 Å². The first-order valence-corrected chi connectivity index (χ1v) is 8.16. The number of methoxy groups -OCH3 is 1. The van der Waals surface area contributed by atoms with Crippen LogP contribution in [0.2, 0.25) is 0 Å². The molecule has 0 atom stereocenters. The molecule has 1 heterocycles. The van der Waals surface area contributed by atoms with Crippen molar-refractivity contribution < 1.29 is 19.3 Å². The highest BCUT2D eigenvalue weighted by atomic mass is 16.5. The SMILES string of the molecule is COC(=O)c1ccccc1Cc1cccc[n+]1/N=C(/[O-])c1ccccc1. The van der Waals surface area contributed by atoms with Crippen LogP contribution in [0.25, 0.3) is 0 Å². The number of carbonyl (C=O) groups is 1. The Kier molecular flexibility index (Phi) is 5.39. The first-order valence-electron chi connectivity index (χ1n) is 8.16. The van der Waals surface area contributed by atoms with Crippen LogP contribution in [0.1, 0.15) is 27.2 Å². The summed E-state index contributed by atoms with van der Waals surface area (Å²) < 4.78 is 6.39. The van der Waals surface area contributed by atoms with Crippen molar-refractivity contribution in [3.05, 3.63) is 101 Å². The minimum atomic E-state index is -0.389. The first kappa shape index (κ1) is 17.4. The van der Waals surface area contributed by atoms with Crippen molar-refractivity contribution in [3.63, 3.8) is 0 Å². The number of hydrogen-bond donors (Lipinski definition) is 0. The second-order valence-electron chi connectivity index (χ2n) is 5.63. The summed E-state index contributed by atoms with van der Waals surface area (Å²) in [5.41, 5.74) is 2.61. The van der Waals surface area contributed by atoms with Crippen LogP contribution in [0.15, 0.2) is 84.1 Å². The number of benzene rings is 2. The molecule has 0 N–H and O–H groups in total. The normalized spacial score (nSPS) is 11.2. The lowest BCUT2D eigenvalue weighted by Gasteiger charge is -2.08. The lowest BCUT2D eigenvalue weighted by Crippen LogP contribution is -2.37. The van der Waals surface area contributed by atoms with Gasteiger partial charge in [-0.25, -0.2) is 4.79 Å². The maximum atomic E-state index is 12.4. The molecule has 26 heavy (non-hydrogen) atoms. The summed E-state index contributed by atoms with van der Waals surface area (Å²) >= 11 is 0. The summed E-state index contributed by atoms with van der Waals surface area (Å²) in [4.78, 5) is 12.0. The summed E-state index contributed by atoms with van der Waals surface area (Å²) in [6, 6.07) is 21.7. The number of esters is 1. The number of nitrogens with zero attached hydrogens (tertiary/aromatic N) is 2. The fourth-order valence-electron chi connectivity index (χ4n) is 2.62. The van der Waals surface area contributed by atoms with Crippen LogP contribution >= 0.6 is 0 Å². The number of rotatable bonds is 5. The molecular weight excluding hydrogens is 328 g/mol. The van der Waals surface area contributed by atoms with Crippen LogP contribution in [0.5, 0.6) is 0 Å². The van der Waals surface area contributed by atoms with E-state index in [4.69, 9.17) is 4.74 Å². The Labute approximate surface area is 151 Å². The topological polar surface area (TPSA) is 65.6 Å². The average Bonchev–Trinajstić information content (AvgIpc) is 2.70. The summed E-state index contributed by atoms with van der Waals surface area (Å²) in [6.07, 6.45) is 2.16. The highest BCUT2D eigenvalue weighted by Gasteiger charge is 2.16. The van der Waals surface area contributed by atoms with Crippen molar-refractivity contribution in [3.8, 4) is 0 Å². The molecule has 0 bridgehead atoms. The quantitative estimate of drug-likeness (QED) is 0.307. The zero-order chi connectivity index (χ0) is 18.4. The van der Waals surface area contributed by atoms with E-state index in [-0.39, 0.29) is 11.9 Å². The molecule has 0 saturated heterocycles. The van der Waals surface area contributed by atoms with Gasteiger partial charge in [-0.2, -0.15) is 0 Å². The van der Waals surface area contributed by atoms with Gasteiger partial charge in [-0.3, -0.25) is 0 Å². The van der Waals surface area contributed by atoms with E-state index >= 15 is 0 Å². The van der Waals surface area contributed by atoms with E-state index in [1.807, 2.05) is 30.3 Å². The minimum absolute atomic E-state index is 0.329. The Morgan fingerprint density at radius 2 is 1.69 bits per heavy atom. The van der Waals surface area contributed by atoms with E-state index < -0.39 is 0 Å². The lowest BCUT2D eigenvalue weighted by molar-refractivity contribution is -0.688. The van der Waals surface area contributed by atoms with Crippen molar-refractivity contribution in [2.24, 2.45) is 5.10 Å². The second kappa shape index (κ2) is 8.07. The Bertz CT molecular complexity index is 937. The van der Waals surface area contributed by atoms with Gasteiger partial charge in [0.15, 0.2) is 0 Å². The first-order chi connectivity index (χ1) is 12.7. The molecule has 0 amide bonds. The number of ether oxygens (including phenoxy) is 1. The molecule has 0 aliphatic rings. The largest absolute Gasteiger partial charge is 0.854 e. The van der Waals surface area contributed by atoms with Gasteiger partial charge in [0.1, 0.15) is 0 Å². The van der Waals surface area contributed by atoms with Crippen molar-refractivity contribution in [2.45, 2.75) is 6.42 Å². The standard InChI is InChI=1S/C21H18N2O3/c1-26-21(25)19-13-6-5-11-17(19)15-18-12-7-8-14-23(18)22-20(24)16-9-3-2-4-10-16/h2-14H,15H2,1H3.